The van der Waals surface area contributed by atoms with Crippen LogP contribution in [0.3, 0.4) is 0 Å². The highest BCUT2D eigenvalue weighted by molar-refractivity contribution is 7.89. The third-order valence-corrected chi connectivity index (χ3v) is 5.60. The summed E-state index contributed by atoms with van der Waals surface area (Å²) in [6.45, 7) is 2.10. The molecule has 0 radical (unpaired) electrons. The molecule has 21 heavy (non-hydrogen) atoms. The first-order chi connectivity index (χ1) is 9.75. The zero-order valence-corrected chi connectivity index (χ0v) is 12.2. The molecular formula is C12H16FN3O4S. The van der Waals surface area contributed by atoms with Gasteiger partial charge in [0.15, 0.2) is 4.90 Å². The normalized spacial score (nSPS) is 21.4. The van der Waals surface area contributed by atoms with Gasteiger partial charge in [-0.1, -0.05) is 6.07 Å². The van der Waals surface area contributed by atoms with Crippen molar-refractivity contribution < 1.29 is 17.7 Å². The van der Waals surface area contributed by atoms with Crippen LogP contribution in [0.15, 0.2) is 23.1 Å². The Morgan fingerprint density at radius 1 is 1.52 bits per heavy atom. The van der Waals surface area contributed by atoms with E-state index in [4.69, 9.17) is 5.73 Å². The molecule has 9 heteroatoms. The molecule has 1 aliphatic heterocycles. The average Bonchev–Trinajstić information content (AvgIpc) is 2.88. The average molecular weight is 317 g/mol. The van der Waals surface area contributed by atoms with E-state index in [-0.39, 0.29) is 25.0 Å². The van der Waals surface area contributed by atoms with E-state index >= 15 is 0 Å². The van der Waals surface area contributed by atoms with Gasteiger partial charge in [-0.25, -0.2) is 12.8 Å². The first-order valence-corrected chi connectivity index (χ1v) is 7.87. The smallest absolute Gasteiger partial charge is 0.292 e. The maximum Gasteiger partial charge on any atom is 0.292 e. The van der Waals surface area contributed by atoms with E-state index < -0.39 is 31.3 Å². The predicted octanol–water partition coefficient (Wildman–Crippen LogP) is 1.09. The first kappa shape index (κ1) is 15.8. The van der Waals surface area contributed by atoms with E-state index in [1.807, 2.05) is 0 Å². The monoisotopic (exact) mass is 317 g/mol. The lowest BCUT2D eigenvalue weighted by molar-refractivity contribution is -0.388. The maximum absolute atomic E-state index is 13.9. The Bertz CT molecular complexity index is 662. The highest BCUT2D eigenvalue weighted by Gasteiger charge is 2.39. The molecule has 2 rings (SSSR count). The van der Waals surface area contributed by atoms with Gasteiger partial charge in [-0.05, 0) is 25.3 Å². The number of hydrogen-bond acceptors (Lipinski definition) is 5. The zero-order chi connectivity index (χ0) is 15.8. The van der Waals surface area contributed by atoms with Crippen molar-refractivity contribution in [1.82, 2.24) is 4.31 Å². The van der Waals surface area contributed by atoms with Crippen LogP contribution in [0, 0.1) is 21.8 Å². The van der Waals surface area contributed by atoms with Gasteiger partial charge in [-0.15, -0.1) is 0 Å². The topological polar surface area (TPSA) is 107 Å². The van der Waals surface area contributed by atoms with Crippen LogP contribution in [-0.4, -0.2) is 36.8 Å². The molecular weight excluding hydrogens is 301 g/mol. The summed E-state index contributed by atoms with van der Waals surface area (Å²) in [5.74, 6) is -1.15. The van der Waals surface area contributed by atoms with Gasteiger partial charge in [0.25, 0.3) is 15.7 Å². The van der Waals surface area contributed by atoms with Gasteiger partial charge in [0, 0.05) is 25.2 Å². The Morgan fingerprint density at radius 3 is 2.71 bits per heavy atom. The zero-order valence-electron chi connectivity index (χ0n) is 11.4. The Morgan fingerprint density at radius 2 is 2.19 bits per heavy atom. The lowest BCUT2D eigenvalue weighted by Gasteiger charge is -2.18. The molecule has 116 valence electrons. The summed E-state index contributed by atoms with van der Waals surface area (Å²) in [5.41, 5.74) is 5.00. The second kappa shape index (κ2) is 5.66. The maximum atomic E-state index is 13.9. The summed E-state index contributed by atoms with van der Waals surface area (Å²) in [4.78, 5) is 9.18. The molecule has 0 saturated carbocycles. The molecule has 2 N–H and O–H groups in total. The summed E-state index contributed by atoms with van der Waals surface area (Å²) in [6.07, 6.45) is 0.555. The van der Waals surface area contributed by atoms with Crippen LogP contribution in [0.4, 0.5) is 10.1 Å². The van der Waals surface area contributed by atoms with E-state index in [1.165, 1.54) is 0 Å². The molecule has 1 saturated heterocycles. The Balaban J connectivity index is 2.44. The van der Waals surface area contributed by atoms with Gasteiger partial charge in [-0.3, -0.25) is 10.1 Å². The molecule has 7 nitrogen and oxygen atoms in total. The lowest BCUT2D eigenvalue weighted by Crippen LogP contribution is -2.33. The largest absolute Gasteiger partial charge is 0.328 e. The summed E-state index contributed by atoms with van der Waals surface area (Å²) in [5, 5.41) is 10.9. The molecule has 1 heterocycles. The molecule has 2 atom stereocenters. The second-order valence-corrected chi connectivity index (χ2v) is 6.99. The fourth-order valence-corrected chi connectivity index (χ4v) is 4.14. The number of nitrogens with two attached hydrogens (primary N) is 1. The van der Waals surface area contributed by atoms with Gasteiger partial charge in [0.1, 0.15) is 5.82 Å². The van der Waals surface area contributed by atoms with Gasteiger partial charge in [0.05, 0.1) is 4.92 Å². The standard InChI is InChI=1S/C12H16FN3O4S/c1-8(14)9-5-6-15(7-9)21(19,20)12-10(13)3-2-4-11(12)16(17)18/h2-4,8-9H,5-7,14H2,1H3. The summed E-state index contributed by atoms with van der Waals surface area (Å²) >= 11 is 0. The number of nitro benzene ring substituents is 1. The van der Waals surface area contributed by atoms with Crippen LogP contribution < -0.4 is 5.73 Å². The lowest BCUT2D eigenvalue weighted by atomic mass is 10.0. The molecule has 1 aliphatic rings. The van der Waals surface area contributed by atoms with Gasteiger partial charge in [-0.2, -0.15) is 4.31 Å². The minimum Gasteiger partial charge on any atom is -0.328 e. The van der Waals surface area contributed by atoms with Crippen molar-refractivity contribution in [3.8, 4) is 0 Å². The molecule has 0 spiro atoms. The summed E-state index contributed by atoms with van der Waals surface area (Å²) in [7, 11) is -4.25. The van der Waals surface area contributed by atoms with Gasteiger partial charge < -0.3 is 5.73 Å². The number of sulfonamides is 1. The summed E-state index contributed by atoms with van der Waals surface area (Å²) in [6, 6.07) is 2.80. The highest BCUT2D eigenvalue weighted by Crippen LogP contribution is 2.32. The van der Waals surface area contributed by atoms with Crippen molar-refractivity contribution in [2.24, 2.45) is 11.7 Å². The van der Waals surface area contributed by atoms with Crippen LogP contribution in [0.25, 0.3) is 0 Å². The van der Waals surface area contributed by atoms with Crippen molar-refractivity contribution in [3.05, 3.63) is 34.1 Å². The SMILES string of the molecule is CC(N)C1CCN(S(=O)(=O)c2c(F)cccc2[N+](=O)[O-])C1. The van der Waals surface area contributed by atoms with Crippen molar-refractivity contribution in [2.75, 3.05) is 13.1 Å². The van der Waals surface area contributed by atoms with Crippen molar-refractivity contribution in [2.45, 2.75) is 24.3 Å². The molecule has 1 fully saturated rings. The predicted molar refractivity (Wildman–Crippen MR) is 73.6 cm³/mol. The second-order valence-electron chi connectivity index (χ2n) is 5.12. The number of nitro groups is 1. The molecule has 0 bridgehead atoms. The fraction of sp³-hybridized carbons (Fsp3) is 0.500. The van der Waals surface area contributed by atoms with Crippen LogP contribution in [0.2, 0.25) is 0 Å². The third kappa shape index (κ3) is 2.89. The van der Waals surface area contributed by atoms with Gasteiger partial charge in [0.2, 0.25) is 0 Å². The number of halogens is 1. The molecule has 1 aromatic rings. The fourth-order valence-electron chi connectivity index (χ4n) is 2.43. The van der Waals surface area contributed by atoms with E-state index in [0.717, 1.165) is 22.5 Å². The number of rotatable bonds is 4. The van der Waals surface area contributed by atoms with Crippen LogP contribution in [-0.2, 0) is 10.0 Å². The molecule has 0 aliphatic carbocycles. The van der Waals surface area contributed by atoms with E-state index in [0.29, 0.717) is 6.42 Å². The Labute approximate surface area is 121 Å². The Kier molecular flexibility index (Phi) is 4.26. The third-order valence-electron chi connectivity index (χ3n) is 3.67. The molecule has 1 aromatic carbocycles. The van der Waals surface area contributed by atoms with Crippen LogP contribution in [0.5, 0.6) is 0 Å². The minimum absolute atomic E-state index is 0.0365. The van der Waals surface area contributed by atoms with E-state index in [2.05, 4.69) is 0 Å². The molecule has 2 unspecified atom stereocenters. The van der Waals surface area contributed by atoms with Gasteiger partial charge >= 0.3 is 0 Å². The quantitative estimate of drug-likeness (QED) is 0.661. The van der Waals surface area contributed by atoms with Crippen molar-refractivity contribution in [3.63, 3.8) is 0 Å². The minimum atomic E-state index is -4.25. The highest BCUT2D eigenvalue weighted by atomic mass is 32.2. The number of hydrogen-bond donors (Lipinski definition) is 1. The van der Waals surface area contributed by atoms with E-state index in [9.17, 15) is 22.9 Å². The van der Waals surface area contributed by atoms with Crippen LogP contribution in [0.1, 0.15) is 13.3 Å². The summed E-state index contributed by atoms with van der Waals surface area (Å²) < 4.78 is 39.9. The first-order valence-electron chi connectivity index (χ1n) is 6.43. The Hall–Kier alpha value is -1.58. The number of nitrogens with zero attached hydrogens (tertiary/aromatic N) is 2. The molecule has 0 amide bonds. The van der Waals surface area contributed by atoms with E-state index in [1.54, 1.807) is 6.92 Å². The van der Waals surface area contributed by atoms with Crippen LogP contribution >= 0.6 is 0 Å². The van der Waals surface area contributed by atoms with Crippen molar-refractivity contribution >= 4 is 15.7 Å². The number of benzene rings is 1. The van der Waals surface area contributed by atoms with Crippen molar-refractivity contribution in [1.29, 1.82) is 0 Å². The molecule has 0 aromatic heterocycles.